The number of ether oxygens (including phenoxy) is 1. The fraction of sp³-hybridized carbons (Fsp3) is 0.143. The van der Waals surface area contributed by atoms with E-state index < -0.39 is 0 Å². The number of aryl methyl sites for hydroxylation is 1. The number of rotatable bonds is 5. The third-order valence-corrected chi connectivity index (χ3v) is 2.99. The van der Waals surface area contributed by atoms with E-state index in [-0.39, 0.29) is 12.5 Å². The minimum Gasteiger partial charge on any atom is -0.483 e. The highest BCUT2D eigenvalue weighted by atomic mass is 79.9. The number of furan rings is 1. The highest BCUT2D eigenvalue weighted by Crippen LogP contribution is 2.25. The van der Waals surface area contributed by atoms with Crippen LogP contribution in [0.5, 0.6) is 5.75 Å². The molecule has 0 aliphatic rings. The van der Waals surface area contributed by atoms with Crippen molar-refractivity contribution in [1.82, 2.24) is 5.43 Å². The van der Waals surface area contributed by atoms with Crippen molar-refractivity contribution in [1.29, 1.82) is 0 Å². The van der Waals surface area contributed by atoms with Crippen molar-refractivity contribution in [2.24, 2.45) is 5.10 Å². The number of nitrogens with one attached hydrogen (secondary N) is 1. The maximum absolute atomic E-state index is 11.5. The van der Waals surface area contributed by atoms with Gasteiger partial charge in [0.25, 0.3) is 5.91 Å². The van der Waals surface area contributed by atoms with Gasteiger partial charge in [0.1, 0.15) is 11.5 Å². The van der Waals surface area contributed by atoms with Gasteiger partial charge in [-0.2, -0.15) is 5.10 Å². The Morgan fingerprint density at radius 2 is 2.35 bits per heavy atom. The molecule has 0 aliphatic heterocycles. The van der Waals surface area contributed by atoms with Crippen LogP contribution in [-0.2, 0) is 4.79 Å². The van der Waals surface area contributed by atoms with Gasteiger partial charge in [0.15, 0.2) is 6.61 Å². The normalized spacial score (nSPS) is 10.7. The lowest BCUT2D eigenvalue weighted by Gasteiger charge is -2.07. The number of amides is 1. The summed E-state index contributed by atoms with van der Waals surface area (Å²) < 4.78 is 11.2. The molecule has 2 aromatic rings. The maximum Gasteiger partial charge on any atom is 0.277 e. The van der Waals surface area contributed by atoms with Crippen LogP contribution in [0, 0.1) is 6.92 Å². The largest absolute Gasteiger partial charge is 0.483 e. The molecule has 6 heteroatoms. The summed E-state index contributed by atoms with van der Waals surface area (Å²) in [5, 5.41) is 3.75. The number of halogens is 1. The summed E-state index contributed by atoms with van der Waals surface area (Å²) in [5.41, 5.74) is 3.46. The van der Waals surface area contributed by atoms with Crippen molar-refractivity contribution in [3.8, 4) is 5.75 Å². The average molecular weight is 337 g/mol. The molecule has 20 heavy (non-hydrogen) atoms. The molecule has 0 radical (unpaired) electrons. The summed E-state index contributed by atoms with van der Waals surface area (Å²) in [5.74, 6) is 0.827. The van der Waals surface area contributed by atoms with Gasteiger partial charge in [-0.3, -0.25) is 4.79 Å². The van der Waals surface area contributed by atoms with Gasteiger partial charge in [-0.05, 0) is 52.7 Å². The first-order valence-electron chi connectivity index (χ1n) is 5.89. The second-order valence-electron chi connectivity index (χ2n) is 4.03. The van der Waals surface area contributed by atoms with E-state index in [1.165, 1.54) is 12.5 Å². The topological polar surface area (TPSA) is 63.8 Å². The molecular formula is C14H13BrN2O3. The van der Waals surface area contributed by atoms with Crippen LogP contribution in [0.4, 0.5) is 0 Å². The lowest BCUT2D eigenvalue weighted by molar-refractivity contribution is -0.123. The molecule has 0 unspecified atom stereocenters. The zero-order valence-electron chi connectivity index (χ0n) is 10.8. The smallest absolute Gasteiger partial charge is 0.277 e. The number of hydrogen-bond donors (Lipinski definition) is 1. The van der Waals surface area contributed by atoms with Gasteiger partial charge < -0.3 is 9.15 Å². The molecule has 1 N–H and O–H groups in total. The van der Waals surface area contributed by atoms with E-state index in [2.05, 4.69) is 26.5 Å². The summed E-state index contributed by atoms with van der Waals surface area (Å²) in [6.45, 7) is 1.86. The summed E-state index contributed by atoms with van der Waals surface area (Å²) in [7, 11) is 0. The van der Waals surface area contributed by atoms with Crippen LogP contribution in [-0.4, -0.2) is 18.7 Å². The van der Waals surface area contributed by atoms with Crippen molar-refractivity contribution in [3.63, 3.8) is 0 Å². The molecule has 0 atom stereocenters. The monoisotopic (exact) mass is 336 g/mol. The van der Waals surface area contributed by atoms with Crippen molar-refractivity contribution in [2.75, 3.05) is 6.61 Å². The highest BCUT2D eigenvalue weighted by Gasteiger charge is 2.05. The highest BCUT2D eigenvalue weighted by molar-refractivity contribution is 9.10. The van der Waals surface area contributed by atoms with Crippen molar-refractivity contribution in [3.05, 3.63) is 52.4 Å². The van der Waals surface area contributed by atoms with E-state index in [9.17, 15) is 4.79 Å². The number of nitrogens with zero attached hydrogens (tertiary/aromatic N) is 1. The molecule has 0 fully saturated rings. The summed E-state index contributed by atoms with van der Waals surface area (Å²) in [4.78, 5) is 11.5. The predicted molar refractivity (Wildman–Crippen MR) is 78.8 cm³/mol. The Morgan fingerprint density at radius 3 is 3.05 bits per heavy atom. The number of carbonyl (C=O) groups excluding carboxylic acids is 1. The van der Waals surface area contributed by atoms with Gasteiger partial charge in [0.2, 0.25) is 0 Å². The molecule has 0 aliphatic carbocycles. The van der Waals surface area contributed by atoms with Crippen molar-refractivity contribution in [2.45, 2.75) is 6.92 Å². The molecular weight excluding hydrogens is 324 g/mol. The third-order valence-electron chi connectivity index (χ3n) is 2.37. The molecule has 1 heterocycles. The lowest BCUT2D eigenvalue weighted by Crippen LogP contribution is -2.24. The molecule has 0 saturated carbocycles. The van der Waals surface area contributed by atoms with Gasteiger partial charge in [-0.15, -0.1) is 0 Å². The summed E-state index contributed by atoms with van der Waals surface area (Å²) in [6.07, 6.45) is 2.95. The number of benzene rings is 1. The van der Waals surface area contributed by atoms with E-state index in [1.54, 1.807) is 18.2 Å². The molecule has 0 bridgehead atoms. The van der Waals surface area contributed by atoms with Gasteiger partial charge in [-0.1, -0.05) is 6.07 Å². The third kappa shape index (κ3) is 4.24. The first-order valence-corrected chi connectivity index (χ1v) is 6.69. The Kier molecular flexibility index (Phi) is 4.95. The molecule has 0 spiro atoms. The van der Waals surface area contributed by atoms with Crippen LogP contribution >= 0.6 is 15.9 Å². The molecule has 104 valence electrons. The fourth-order valence-corrected chi connectivity index (χ4v) is 2.04. The second kappa shape index (κ2) is 6.91. The van der Waals surface area contributed by atoms with Crippen LogP contribution in [0.15, 0.2) is 50.6 Å². The van der Waals surface area contributed by atoms with Gasteiger partial charge in [0.05, 0.1) is 17.0 Å². The van der Waals surface area contributed by atoms with Crippen LogP contribution in [0.3, 0.4) is 0 Å². The Labute approximate surface area is 124 Å². The first kappa shape index (κ1) is 14.3. The molecule has 1 amide bonds. The fourth-order valence-electron chi connectivity index (χ4n) is 1.43. The minimum atomic E-state index is -0.347. The van der Waals surface area contributed by atoms with Gasteiger partial charge >= 0.3 is 0 Å². The Hall–Kier alpha value is -2.08. The summed E-state index contributed by atoms with van der Waals surface area (Å²) in [6, 6.07) is 9.10. The standard InChI is InChI=1S/C14H13BrN2O3/c1-10-4-5-13(12(15)7-10)20-9-14(18)17-16-8-11-3-2-6-19-11/h2-8H,9H2,1H3,(H,17,18). The number of hydrazone groups is 1. The quantitative estimate of drug-likeness (QED) is 0.674. The first-order chi connectivity index (χ1) is 9.65. The number of hydrogen-bond acceptors (Lipinski definition) is 4. The van der Waals surface area contributed by atoms with Crippen molar-refractivity contribution >= 4 is 28.1 Å². The van der Waals surface area contributed by atoms with Crippen LogP contribution in [0.25, 0.3) is 0 Å². The SMILES string of the molecule is Cc1ccc(OCC(=O)NN=Cc2ccco2)c(Br)c1. The van der Waals surface area contributed by atoms with Crippen LogP contribution < -0.4 is 10.2 Å². The van der Waals surface area contributed by atoms with E-state index in [1.807, 2.05) is 19.1 Å². The maximum atomic E-state index is 11.5. The Morgan fingerprint density at radius 1 is 1.50 bits per heavy atom. The van der Waals surface area contributed by atoms with E-state index >= 15 is 0 Å². The van der Waals surface area contributed by atoms with E-state index in [0.29, 0.717) is 11.5 Å². The molecule has 1 aromatic carbocycles. The molecule has 1 aromatic heterocycles. The predicted octanol–water partition coefficient (Wildman–Crippen LogP) is 2.88. The molecule has 5 nitrogen and oxygen atoms in total. The molecule has 0 saturated heterocycles. The second-order valence-corrected chi connectivity index (χ2v) is 4.89. The number of carbonyl (C=O) groups is 1. The van der Waals surface area contributed by atoms with Crippen LogP contribution in [0.1, 0.15) is 11.3 Å². The van der Waals surface area contributed by atoms with E-state index in [0.717, 1.165) is 10.0 Å². The minimum absolute atomic E-state index is 0.114. The summed E-state index contributed by atoms with van der Waals surface area (Å²) >= 11 is 3.38. The van der Waals surface area contributed by atoms with Gasteiger partial charge in [-0.25, -0.2) is 5.43 Å². The van der Waals surface area contributed by atoms with Gasteiger partial charge in [0, 0.05) is 0 Å². The molecule has 2 rings (SSSR count). The van der Waals surface area contributed by atoms with Crippen molar-refractivity contribution < 1.29 is 13.9 Å². The zero-order chi connectivity index (χ0) is 14.4. The Balaban J connectivity index is 1.80. The zero-order valence-corrected chi connectivity index (χ0v) is 12.4. The Bertz CT molecular complexity index is 609. The van der Waals surface area contributed by atoms with E-state index in [4.69, 9.17) is 9.15 Å². The van der Waals surface area contributed by atoms with Crippen LogP contribution in [0.2, 0.25) is 0 Å². The average Bonchev–Trinajstić information content (AvgIpc) is 2.91. The lowest BCUT2D eigenvalue weighted by atomic mass is 10.2.